The standard InChI is InChI=1S/C16H16N4O5/c1-17-13-6-10(18-14(19-13)8-24-2)9-3-4-11-12(5-9)25-16(23)20(11)7-15(21)22/h3-6H,7-8H2,1-2H3,(H,21,22)(H,17,18,19). The lowest BCUT2D eigenvalue weighted by molar-refractivity contribution is -0.137. The van der Waals surface area contributed by atoms with Gasteiger partial charge in [-0.1, -0.05) is 6.07 Å². The third-order valence-electron chi connectivity index (χ3n) is 3.56. The Bertz CT molecular complexity index is 992. The zero-order valence-corrected chi connectivity index (χ0v) is 13.6. The average molecular weight is 344 g/mol. The molecule has 130 valence electrons. The zero-order valence-electron chi connectivity index (χ0n) is 13.6. The van der Waals surface area contributed by atoms with Gasteiger partial charge in [-0.05, 0) is 12.1 Å². The minimum Gasteiger partial charge on any atom is -0.480 e. The van der Waals surface area contributed by atoms with Crippen molar-refractivity contribution in [2.75, 3.05) is 19.5 Å². The summed E-state index contributed by atoms with van der Waals surface area (Å²) in [4.78, 5) is 31.4. The topological polar surface area (TPSA) is 119 Å². The molecule has 0 bridgehead atoms. The van der Waals surface area contributed by atoms with Gasteiger partial charge >= 0.3 is 11.7 Å². The van der Waals surface area contributed by atoms with Crippen LogP contribution in [0.5, 0.6) is 0 Å². The highest BCUT2D eigenvalue weighted by Gasteiger charge is 2.14. The molecule has 3 rings (SSSR count). The van der Waals surface area contributed by atoms with Crippen molar-refractivity contribution in [3.05, 3.63) is 40.6 Å². The maximum absolute atomic E-state index is 11.8. The highest BCUT2D eigenvalue weighted by Crippen LogP contribution is 2.24. The quantitative estimate of drug-likeness (QED) is 0.687. The smallest absolute Gasteiger partial charge is 0.420 e. The fourth-order valence-corrected chi connectivity index (χ4v) is 2.48. The van der Waals surface area contributed by atoms with Gasteiger partial charge in [0.1, 0.15) is 19.0 Å². The van der Waals surface area contributed by atoms with Crippen LogP contribution in [0.4, 0.5) is 5.82 Å². The summed E-state index contributed by atoms with van der Waals surface area (Å²) >= 11 is 0. The Kier molecular flexibility index (Phi) is 4.48. The van der Waals surface area contributed by atoms with Gasteiger partial charge in [-0.15, -0.1) is 0 Å². The van der Waals surface area contributed by atoms with Gasteiger partial charge in [0.2, 0.25) is 0 Å². The van der Waals surface area contributed by atoms with Crippen LogP contribution in [-0.4, -0.2) is 39.8 Å². The number of fused-ring (bicyclic) bond motifs is 1. The summed E-state index contributed by atoms with van der Waals surface area (Å²) in [5, 5.41) is 11.9. The number of ether oxygens (including phenoxy) is 1. The zero-order chi connectivity index (χ0) is 18.0. The fourth-order valence-electron chi connectivity index (χ4n) is 2.48. The van der Waals surface area contributed by atoms with Gasteiger partial charge in [0, 0.05) is 25.8 Å². The summed E-state index contributed by atoms with van der Waals surface area (Å²) in [6.45, 7) is -0.199. The summed E-state index contributed by atoms with van der Waals surface area (Å²) in [5.41, 5.74) is 2.04. The van der Waals surface area contributed by atoms with Crippen LogP contribution in [0, 0.1) is 0 Å². The summed E-state index contributed by atoms with van der Waals surface area (Å²) in [5.74, 6) is -0.697. The highest BCUT2D eigenvalue weighted by atomic mass is 16.5. The van der Waals surface area contributed by atoms with Crippen molar-refractivity contribution in [2.45, 2.75) is 13.2 Å². The molecule has 0 saturated carbocycles. The first-order valence-corrected chi connectivity index (χ1v) is 7.42. The number of aliphatic carboxylic acids is 1. The van der Waals surface area contributed by atoms with E-state index in [1.807, 2.05) is 0 Å². The highest BCUT2D eigenvalue weighted by molar-refractivity contribution is 5.81. The molecule has 2 aromatic heterocycles. The maximum Gasteiger partial charge on any atom is 0.420 e. The van der Waals surface area contributed by atoms with Crippen LogP contribution in [0.25, 0.3) is 22.4 Å². The van der Waals surface area contributed by atoms with Crippen molar-refractivity contribution in [2.24, 2.45) is 0 Å². The molecule has 0 atom stereocenters. The number of anilines is 1. The Labute approximate surface area is 141 Å². The molecule has 0 saturated heterocycles. The number of carbonyl (C=O) groups is 1. The molecular weight excluding hydrogens is 328 g/mol. The molecular formula is C16H16N4O5. The van der Waals surface area contributed by atoms with Crippen LogP contribution in [0.15, 0.2) is 33.5 Å². The van der Waals surface area contributed by atoms with Crippen molar-refractivity contribution in [1.82, 2.24) is 14.5 Å². The molecule has 0 radical (unpaired) electrons. The molecule has 0 unspecified atom stereocenters. The molecule has 1 aromatic carbocycles. The molecule has 9 nitrogen and oxygen atoms in total. The van der Waals surface area contributed by atoms with E-state index < -0.39 is 18.3 Å². The first-order chi connectivity index (χ1) is 12.0. The molecule has 0 aliphatic carbocycles. The summed E-state index contributed by atoms with van der Waals surface area (Å²) in [6.07, 6.45) is 0. The van der Waals surface area contributed by atoms with Gasteiger partial charge in [-0.2, -0.15) is 0 Å². The van der Waals surface area contributed by atoms with Crippen molar-refractivity contribution in [1.29, 1.82) is 0 Å². The van der Waals surface area contributed by atoms with Crippen LogP contribution in [0.3, 0.4) is 0 Å². The first kappa shape index (κ1) is 16.7. The molecule has 0 fully saturated rings. The molecule has 0 spiro atoms. The molecule has 2 heterocycles. The van der Waals surface area contributed by atoms with Crippen molar-refractivity contribution in [3.63, 3.8) is 0 Å². The third-order valence-corrected chi connectivity index (χ3v) is 3.56. The molecule has 3 aromatic rings. The molecule has 0 amide bonds. The van der Waals surface area contributed by atoms with Gasteiger partial charge in [-0.3, -0.25) is 9.36 Å². The first-order valence-electron chi connectivity index (χ1n) is 7.42. The van der Waals surface area contributed by atoms with Crippen LogP contribution < -0.4 is 11.1 Å². The number of oxazole rings is 1. The number of nitrogens with zero attached hydrogens (tertiary/aromatic N) is 3. The number of aromatic nitrogens is 3. The minimum atomic E-state index is -1.12. The number of hydrogen-bond donors (Lipinski definition) is 2. The Morgan fingerprint density at radius 3 is 2.84 bits per heavy atom. The van der Waals surface area contributed by atoms with Crippen LogP contribution in [0.1, 0.15) is 5.82 Å². The predicted molar refractivity (Wildman–Crippen MR) is 89.4 cm³/mol. The number of nitrogens with one attached hydrogen (secondary N) is 1. The predicted octanol–water partition coefficient (Wildman–Crippen LogP) is 1.32. The molecule has 25 heavy (non-hydrogen) atoms. The van der Waals surface area contributed by atoms with E-state index in [9.17, 15) is 9.59 Å². The van der Waals surface area contributed by atoms with Crippen molar-refractivity contribution >= 4 is 22.9 Å². The van der Waals surface area contributed by atoms with Crippen LogP contribution >= 0.6 is 0 Å². The van der Waals surface area contributed by atoms with Gasteiger partial charge < -0.3 is 19.6 Å². The molecule has 0 aliphatic heterocycles. The van der Waals surface area contributed by atoms with E-state index in [0.717, 1.165) is 4.57 Å². The third kappa shape index (κ3) is 3.36. The van der Waals surface area contributed by atoms with E-state index in [4.69, 9.17) is 14.3 Å². The Hall–Kier alpha value is -3.20. The monoisotopic (exact) mass is 344 g/mol. The van der Waals surface area contributed by atoms with Crippen molar-refractivity contribution in [3.8, 4) is 11.3 Å². The van der Waals surface area contributed by atoms with Gasteiger partial charge in [0.25, 0.3) is 0 Å². The van der Waals surface area contributed by atoms with Gasteiger partial charge in [-0.25, -0.2) is 14.8 Å². The summed E-state index contributed by atoms with van der Waals surface area (Å²) in [7, 11) is 3.30. The van der Waals surface area contributed by atoms with Gasteiger partial charge in [0.15, 0.2) is 11.4 Å². The second kappa shape index (κ2) is 6.73. The normalized spacial score (nSPS) is 11.0. The molecule has 9 heteroatoms. The SMILES string of the molecule is CNc1cc(-c2ccc3c(c2)oc(=O)n3CC(=O)O)nc(COC)n1. The Balaban J connectivity index is 2.09. The number of rotatable bonds is 6. The van der Waals surface area contributed by atoms with E-state index in [0.29, 0.717) is 34.0 Å². The van der Waals surface area contributed by atoms with Gasteiger partial charge in [0.05, 0.1) is 11.2 Å². The van der Waals surface area contributed by atoms with Crippen LogP contribution in [0.2, 0.25) is 0 Å². The minimum absolute atomic E-state index is 0.259. The second-order valence-electron chi connectivity index (χ2n) is 5.27. The second-order valence-corrected chi connectivity index (χ2v) is 5.27. The molecule has 0 aliphatic rings. The molecule has 2 N–H and O–H groups in total. The Morgan fingerprint density at radius 2 is 2.16 bits per heavy atom. The maximum atomic E-state index is 11.8. The Morgan fingerprint density at radius 1 is 1.36 bits per heavy atom. The van der Waals surface area contributed by atoms with E-state index >= 15 is 0 Å². The lowest BCUT2D eigenvalue weighted by Gasteiger charge is -2.07. The number of carboxylic acids is 1. The van der Waals surface area contributed by atoms with Crippen molar-refractivity contribution < 1.29 is 19.1 Å². The lowest BCUT2D eigenvalue weighted by atomic mass is 10.1. The number of benzene rings is 1. The van der Waals surface area contributed by atoms with E-state index in [1.54, 1.807) is 38.4 Å². The number of hydrogen-bond acceptors (Lipinski definition) is 7. The van der Waals surface area contributed by atoms with E-state index in [1.165, 1.54) is 0 Å². The summed E-state index contributed by atoms with van der Waals surface area (Å²) in [6, 6.07) is 6.78. The fraction of sp³-hybridized carbons (Fsp3) is 0.250. The number of methoxy groups -OCH3 is 1. The largest absolute Gasteiger partial charge is 0.480 e. The lowest BCUT2D eigenvalue weighted by Crippen LogP contribution is -2.19. The average Bonchev–Trinajstić information content (AvgIpc) is 2.89. The number of carboxylic acid groups (broad SMARTS) is 1. The van der Waals surface area contributed by atoms with E-state index in [2.05, 4.69) is 15.3 Å². The summed E-state index contributed by atoms with van der Waals surface area (Å²) < 4.78 is 11.3. The van der Waals surface area contributed by atoms with Crippen LogP contribution in [-0.2, 0) is 22.7 Å². The van der Waals surface area contributed by atoms with E-state index in [-0.39, 0.29) is 6.61 Å².